The van der Waals surface area contributed by atoms with Crippen LogP contribution in [0.5, 0.6) is 5.88 Å². The van der Waals surface area contributed by atoms with Crippen LogP contribution in [0, 0.1) is 24.5 Å². The van der Waals surface area contributed by atoms with Gasteiger partial charge in [0.25, 0.3) is 0 Å². The number of halogens is 2. The lowest BCUT2D eigenvalue weighted by Gasteiger charge is -2.28. The van der Waals surface area contributed by atoms with E-state index < -0.39 is 29.8 Å². The van der Waals surface area contributed by atoms with Gasteiger partial charge in [-0.3, -0.25) is 10.2 Å². The van der Waals surface area contributed by atoms with Crippen molar-refractivity contribution in [3.05, 3.63) is 71.3 Å². The Kier molecular flexibility index (Phi) is 8.63. The first kappa shape index (κ1) is 28.0. The van der Waals surface area contributed by atoms with Crippen molar-refractivity contribution in [3.63, 3.8) is 0 Å². The molecule has 2 N–H and O–H groups in total. The number of nitrogens with zero attached hydrogens (tertiary/aromatic N) is 4. The highest BCUT2D eigenvalue weighted by atomic mass is 19.2. The van der Waals surface area contributed by atoms with Crippen LogP contribution in [0.3, 0.4) is 0 Å². The Morgan fingerprint density at radius 1 is 1.12 bits per heavy atom. The second-order valence-corrected chi connectivity index (χ2v) is 10.5. The van der Waals surface area contributed by atoms with Crippen LogP contribution in [0.4, 0.5) is 19.4 Å². The van der Waals surface area contributed by atoms with Crippen LogP contribution in [0.15, 0.2) is 48.5 Å². The van der Waals surface area contributed by atoms with Gasteiger partial charge in [0, 0.05) is 13.1 Å². The van der Waals surface area contributed by atoms with Crippen molar-refractivity contribution in [3.8, 4) is 11.6 Å². The van der Waals surface area contributed by atoms with Crippen molar-refractivity contribution in [1.82, 2.24) is 25.1 Å². The van der Waals surface area contributed by atoms with Crippen molar-refractivity contribution in [2.75, 3.05) is 45.2 Å². The van der Waals surface area contributed by atoms with Gasteiger partial charge in [0.1, 0.15) is 11.9 Å². The summed E-state index contributed by atoms with van der Waals surface area (Å²) < 4.78 is 35.4. The molecule has 1 aromatic heterocycles. The highest BCUT2D eigenvalue weighted by molar-refractivity contribution is 5.90. The maximum atomic E-state index is 14.0. The molecular weight excluding hydrogens is 518 g/mol. The summed E-state index contributed by atoms with van der Waals surface area (Å²) in [4.78, 5) is 21.6. The molecule has 11 heteroatoms. The quantitative estimate of drug-likeness (QED) is 0.421. The number of ether oxygens (including phenoxy) is 1. The number of urea groups is 1. The van der Waals surface area contributed by atoms with Gasteiger partial charge in [-0.1, -0.05) is 31.2 Å². The third kappa shape index (κ3) is 6.27. The zero-order valence-electron chi connectivity index (χ0n) is 23.1. The SMILES string of the molecule is CCN1C[C@@H](NC(=O)Nc2c(C)c(OCC3CCN(C)CC3)nn2-c2ccccc2)[C@H](c2ccc(F)c(F)c2)O1. The molecule has 0 spiro atoms. The molecule has 5 rings (SSSR count). The highest BCUT2D eigenvalue weighted by Crippen LogP contribution is 2.32. The van der Waals surface area contributed by atoms with Gasteiger partial charge in [-0.2, -0.15) is 5.06 Å². The second kappa shape index (κ2) is 12.3. The number of amides is 2. The monoisotopic (exact) mass is 554 g/mol. The minimum Gasteiger partial charge on any atom is -0.476 e. The first-order chi connectivity index (χ1) is 19.3. The molecule has 2 aliphatic heterocycles. The molecule has 0 unspecified atom stereocenters. The van der Waals surface area contributed by atoms with Gasteiger partial charge in [-0.05, 0) is 75.6 Å². The summed E-state index contributed by atoms with van der Waals surface area (Å²) in [5.41, 5.74) is 1.92. The Bertz CT molecular complexity index is 1310. The van der Waals surface area contributed by atoms with E-state index in [0.29, 0.717) is 48.4 Å². The summed E-state index contributed by atoms with van der Waals surface area (Å²) in [6.07, 6.45) is 1.47. The Labute approximate surface area is 233 Å². The summed E-state index contributed by atoms with van der Waals surface area (Å²) in [6.45, 7) is 7.39. The van der Waals surface area contributed by atoms with Gasteiger partial charge in [-0.25, -0.2) is 18.3 Å². The molecule has 3 heterocycles. The van der Waals surface area contributed by atoms with Gasteiger partial charge >= 0.3 is 6.03 Å². The number of nitrogens with one attached hydrogen (secondary N) is 2. The number of benzene rings is 2. The number of aromatic nitrogens is 2. The number of likely N-dealkylation sites (tertiary alicyclic amines) is 1. The molecule has 0 radical (unpaired) electrons. The summed E-state index contributed by atoms with van der Waals surface area (Å²) >= 11 is 0. The molecule has 2 aromatic carbocycles. The van der Waals surface area contributed by atoms with Crippen LogP contribution in [0.25, 0.3) is 5.69 Å². The average molecular weight is 555 g/mol. The third-order valence-corrected chi connectivity index (χ3v) is 7.58. The lowest BCUT2D eigenvalue weighted by molar-refractivity contribution is -0.144. The van der Waals surface area contributed by atoms with Crippen LogP contribution in [0.2, 0.25) is 0 Å². The number of carbonyl (C=O) groups is 1. The molecule has 3 aromatic rings. The predicted molar refractivity (Wildman–Crippen MR) is 147 cm³/mol. The lowest BCUT2D eigenvalue weighted by atomic mass is 9.98. The molecule has 2 amide bonds. The van der Waals surface area contributed by atoms with E-state index in [1.54, 1.807) is 9.75 Å². The first-order valence-corrected chi connectivity index (χ1v) is 13.7. The molecule has 0 aliphatic carbocycles. The second-order valence-electron chi connectivity index (χ2n) is 10.5. The summed E-state index contributed by atoms with van der Waals surface area (Å²) in [6, 6.07) is 12.2. The van der Waals surface area contributed by atoms with Gasteiger partial charge < -0.3 is 15.0 Å². The van der Waals surface area contributed by atoms with Crippen LogP contribution >= 0.6 is 0 Å². The maximum absolute atomic E-state index is 14.0. The van der Waals surface area contributed by atoms with Crippen LogP contribution in [-0.2, 0) is 4.84 Å². The number of hydrogen-bond donors (Lipinski definition) is 2. The molecule has 0 saturated carbocycles. The zero-order chi connectivity index (χ0) is 28.2. The molecule has 2 atom stereocenters. The molecule has 2 aliphatic rings. The number of anilines is 1. The predicted octanol–water partition coefficient (Wildman–Crippen LogP) is 4.68. The number of rotatable bonds is 8. The van der Waals surface area contributed by atoms with E-state index in [4.69, 9.17) is 14.7 Å². The number of hydrogen-bond acceptors (Lipinski definition) is 6. The van der Waals surface area contributed by atoms with E-state index >= 15 is 0 Å². The van der Waals surface area contributed by atoms with E-state index in [-0.39, 0.29) is 0 Å². The number of piperidine rings is 1. The lowest BCUT2D eigenvalue weighted by Crippen LogP contribution is -2.42. The van der Waals surface area contributed by atoms with Crippen molar-refractivity contribution < 1.29 is 23.1 Å². The Balaban J connectivity index is 1.34. The smallest absolute Gasteiger partial charge is 0.320 e. The topological polar surface area (TPSA) is 83.9 Å². The molecule has 9 nitrogen and oxygen atoms in total. The highest BCUT2D eigenvalue weighted by Gasteiger charge is 2.36. The van der Waals surface area contributed by atoms with Crippen molar-refractivity contribution >= 4 is 11.8 Å². The van der Waals surface area contributed by atoms with Crippen LogP contribution in [-0.4, -0.2) is 71.7 Å². The van der Waals surface area contributed by atoms with Crippen molar-refractivity contribution in [2.24, 2.45) is 5.92 Å². The minimum atomic E-state index is -0.964. The van der Waals surface area contributed by atoms with Crippen LogP contribution in [0.1, 0.15) is 37.0 Å². The van der Waals surface area contributed by atoms with E-state index in [9.17, 15) is 13.6 Å². The van der Waals surface area contributed by atoms with Gasteiger partial charge in [-0.15, -0.1) is 5.10 Å². The molecule has 2 fully saturated rings. The fraction of sp³-hybridized carbons (Fsp3) is 0.448. The first-order valence-electron chi connectivity index (χ1n) is 13.7. The standard InChI is InChI=1S/C29H36F2N6O3/c1-4-36-17-25(26(40-36)21-10-11-23(30)24(31)16-21)32-29(38)33-27-19(2)28(34-37(27)22-8-6-5-7-9-22)39-18-20-12-14-35(3)15-13-20/h5-11,16,20,25-26H,4,12-15,17-18H2,1-3H3,(H2,32,33,38)/t25-,26+/m1/s1. The van der Waals surface area contributed by atoms with Gasteiger partial charge in [0.15, 0.2) is 11.6 Å². The van der Waals surface area contributed by atoms with Crippen LogP contribution < -0.4 is 15.4 Å². The maximum Gasteiger partial charge on any atom is 0.320 e. The van der Waals surface area contributed by atoms with Gasteiger partial charge in [0.2, 0.25) is 5.88 Å². The largest absolute Gasteiger partial charge is 0.476 e. The van der Waals surface area contributed by atoms with Crippen molar-refractivity contribution in [2.45, 2.75) is 38.8 Å². The molecule has 0 bridgehead atoms. The minimum absolute atomic E-state index is 0.384. The zero-order valence-corrected chi connectivity index (χ0v) is 23.1. The van der Waals surface area contributed by atoms with E-state index in [0.717, 1.165) is 43.8 Å². The Morgan fingerprint density at radius 3 is 2.58 bits per heavy atom. The number of hydroxylamine groups is 2. The van der Waals surface area contributed by atoms with E-state index in [1.165, 1.54) is 6.07 Å². The molecule has 214 valence electrons. The Hall–Kier alpha value is -3.54. The Morgan fingerprint density at radius 2 is 1.88 bits per heavy atom. The summed E-state index contributed by atoms with van der Waals surface area (Å²) in [5.74, 6) is -0.490. The van der Waals surface area contributed by atoms with Gasteiger partial charge in [0.05, 0.1) is 23.9 Å². The fourth-order valence-corrected chi connectivity index (χ4v) is 5.15. The third-order valence-electron chi connectivity index (χ3n) is 7.58. The molecule has 2 saturated heterocycles. The fourth-order valence-electron chi connectivity index (χ4n) is 5.15. The number of carbonyl (C=O) groups excluding carboxylic acids is 1. The average Bonchev–Trinajstić information content (AvgIpc) is 3.51. The molecule has 40 heavy (non-hydrogen) atoms. The van der Waals surface area contributed by atoms with E-state index in [1.807, 2.05) is 44.2 Å². The summed E-state index contributed by atoms with van der Waals surface area (Å²) in [5, 5.41) is 12.3. The normalized spacial score (nSPS) is 20.5. The van der Waals surface area contributed by atoms with Crippen molar-refractivity contribution in [1.29, 1.82) is 0 Å². The van der Waals surface area contributed by atoms with E-state index in [2.05, 4.69) is 22.6 Å². The molecular formula is C29H36F2N6O3. The number of para-hydroxylation sites is 1. The summed E-state index contributed by atoms with van der Waals surface area (Å²) in [7, 11) is 2.13. The number of likely N-dealkylation sites (N-methyl/N-ethyl adjacent to an activating group) is 1.